The molecule has 2 aromatic rings. The first-order valence-electron chi connectivity index (χ1n) is 7.40. The molecule has 0 bridgehead atoms. The van der Waals surface area contributed by atoms with Crippen LogP contribution in [0.4, 0.5) is 4.39 Å². The van der Waals surface area contributed by atoms with Crippen LogP contribution in [0.25, 0.3) is 0 Å². The van der Waals surface area contributed by atoms with Gasteiger partial charge in [0.1, 0.15) is 17.7 Å². The molecule has 1 aliphatic rings. The maximum absolute atomic E-state index is 13.0. The number of nitrogens with one attached hydrogen (secondary N) is 1. The quantitative estimate of drug-likeness (QED) is 0.844. The minimum Gasteiger partial charge on any atom is -0.378 e. The monoisotopic (exact) mass is 334 g/mol. The van der Waals surface area contributed by atoms with E-state index in [2.05, 4.69) is 10.3 Å². The molecular formula is C17H16ClFN2O2. The average molecular weight is 335 g/mol. The van der Waals surface area contributed by atoms with Crippen molar-refractivity contribution in [2.45, 2.75) is 31.5 Å². The van der Waals surface area contributed by atoms with Crippen LogP contribution in [0.2, 0.25) is 5.02 Å². The van der Waals surface area contributed by atoms with Gasteiger partial charge in [-0.25, -0.2) is 4.39 Å². The smallest absolute Gasteiger partial charge is 0.181 e. The van der Waals surface area contributed by atoms with Gasteiger partial charge in [0.05, 0.1) is 0 Å². The Morgan fingerprint density at radius 2 is 2.26 bits per heavy atom. The maximum atomic E-state index is 13.0. The lowest BCUT2D eigenvalue weighted by molar-refractivity contribution is 0.0840. The lowest BCUT2D eigenvalue weighted by atomic mass is 9.83. The van der Waals surface area contributed by atoms with E-state index < -0.39 is 12.0 Å². The third-order valence-electron chi connectivity index (χ3n) is 4.08. The highest BCUT2D eigenvalue weighted by molar-refractivity contribution is 6.31. The predicted molar refractivity (Wildman–Crippen MR) is 84.8 cm³/mol. The lowest BCUT2D eigenvalue weighted by Crippen LogP contribution is -2.37. The fourth-order valence-corrected chi connectivity index (χ4v) is 3.09. The number of hydrogen-bond donors (Lipinski definition) is 2. The first kappa shape index (κ1) is 16.1. The molecule has 23 heavy (non-hydrogen) atoms. The van der Waals surface area contributed by atoms with E-state index in [0.29, 0.717) is 35.7 Å². The van der Waals surface area contributed by atoms with Crippen LogP contribution >= 0.6 is 11.6 Å². The fourth-order valence-electron chi connectivity index (χ4n) is 2.86. The summed E-state index contributed by atoms with van der Waals surface area (Å²) in [7, 11) is 0. The molecular weight excluding hydrogens is 319 g/mol. The summed E-state index contributed by atoms with van der Waals surface area (Å²) in [5, 5.41) is 13.8. The van der Waals surface area contributed by atoms with E-state index in [4.69, 9.17) is 11.6 Å². The highest BCUT2D eigenvalue weighted by atomic mass is 35.5. The minimum atomic E-state index is -0.841. The van der Waals surface area contributed by atoms with Gasteiger partial charge < -0.3 is 5.11 Å². The summed E-state index contributed by atoms with van der Waals surface area (Å²) in [5.74, 6) is -0.605. The first-order chi connectivity index (χ1) is 11.1. The van der Waals surface area contributed by atoms with Crippen LogP contribution in [-0.2, 0) is 6.54 Å². The number of carbonyl (C=O) groups excluding carboxylic acids is 1. The van der Waals surface area contributed by atoms with Gasteiger partial charge in [0.25, 0.3) is 0 Å². The van der Waals surface area contributed by atoms with Crippen LogP contribution in [0, 0.1) is 5.82 Å². The molecule has 0 spiro atoms. The number of aliphatic hydroxyl groups is 1. The van der Waals surface area contributed by atoms with Crippen LogP contribution in [0.1, 0.15) is 40.4 Å². The number of ketones is 1. The summed E-state index contributed by atoms with van der Waals surface area (Å²) in [6, 6.07) is 7.72. The van der Waals surface area contributed by atoms with Crippen molar-refractivity contribution >= 4 is 17.4 Å². The molecule has 6 heteroatoms. The molecule has 120 valence electrons. The van der Waals surface area contributed by atoms with Gasteiger partial charge >= 0.3 is 0 Å². The molecule has 2 unspecified atom stereocenters. The molecule has 1 aromatic heterocycles. The molecule has 1 heterocycles. The molecule has 1 aromatic carbocycles. The molecule has 4 nitrogen and oxygen atoms in total. The number of Topliss-reactive ketones (excluding diaryl/α,β-unsaturated/α-hetero) is 1. The molecule has 0 saturated heterocycles. The van der Waals surface area contributed by atoms with Gasteiger partial charge in [0.2, 0.25) is 0 Å². The summed E-state index contributed by atoms with van der Waals surface area (Å²) < 4.78 is 13.0. The number of fused-ring (bicyclic) bond motifs is 1. The van der Waals surface area contributed by atoms with E-state index >= 15 is 0 Å². The SMILES string of the molecule is O=C1CCC(C(O)NCc2ccc(F)cc2Cl)c2cccnc21. The largest absolute Gasteiger partial charge is 0.378 e. The second-order valence-electron chi connectivity index (χ2n) is 5.57. The zero-order valence-corrected chi connectivity index (χ0v) is 13.1. The molecule has 0 saturated carbocycles. The highest BCUT2D eigenvalue weighted by Crippen LogP contribution is 2.32. The van der Waals surface area contributed by atoms with E-state index in [1.54, 1.807) is 18.3 Å². The van der Waals surface area contributed by atoms with Crippen LogP contribution in [0.15, 0.2) is 36.5 Å². The number of carbonyl (C=O) groups is 1. The van der Waals surface area contributed by atoms with Gasteiger partial charge in [-0.3, -0.25) is 15.1 Å². The third kappa shape index (κ3) is 3.42. The number of benzene rings is 1. The fraction of sp³-hybridized carbons (Fsp3) is 0.294. The van der Waals surface area contributed by atoms with E-state index in [0.717, 1.165) is 5.56 Å². The Morgan fingerprint density at radius 3 is 3.04 bits per heavy atom. The average Bonchev–Trinajstić information content (AvgIpc) is 2.54. The number of aliphatic hydroxyl groups excluding tert-OH is 1. The second kappa shape index (κ2) is 6.74. The molecule has 2 N–H and O–H groups in total. The normalized spacial score (nSPS) is 18.6. The van der Waals surface area contributed by atoms with Crippen molar-refractivity contribution in [2.75, 3.05) is 0 Å². The zero-order valence-electron chi connectivity index (χ0n) is 12.3. The van der Waals surface area contributed by atoms with Crippen molar-refractivity contribution < 1.29 is 14.3 Å². The number of nitrogens with zero attached hydrogens (tertiary/aromatic N) is 1. The number of rotatable bonds is 4. The van der Waals surface area contributed by atoms with Crippen LogP contribution < -0.4 is 5.32 Å². The summed E-state index contributed by atoms with van der Waals surface area (Å²) in [5.41, 5.74) is 1.89. The standard InChI is InChI=1S/C17H16ClFN2O2/c18-14-8-11(19)4-3-10(14)9-21-17(23)13-5-6-15(22)16-12(13)2-1-7-20-16/h1-4,7-8,13,17,21,23H,5-6,9H2. The summed E-state index contributed by atoms with van der Waals surface area (Å²) in [4.78, 5) is 16.0. The summed E-state index contributed by atoms with van der Waals surface area (Å²) in [6.07, 6.45) is 1.66. The van der Waals surface area contributed by atoms with Gasteiger partial charge in [-0.15, -0.1) is 0 Å². The first-order valence-corrected chi connectivity index (χ1v) is 7.77. The van der Waals surface area contributed by atoms with Gasteiger partial charge in [-0.05, 0) is 35.7 Å². The van der Waals surface area contributed by atoms with Crippen LogP contribution in [-0.4, -0.2) is 22.1 Å². The van der Waals surface area contributed by atoms with Gasteiger partial charge in [0, 0.05) is 30.1 Å². The van der Waals surface area contributed by atoms with E-state index in [9.17, 15) is 14.3 Å². The Morgan fingerprint density at radius 1 is 1.43 bits per heavy atom. The molecule has 1 aliphatic carbocycles. The summed E-state index contributed by atoms with van der Waals surface area (Å²) in [6.45, 7) is 0.306. The van der Waals surface area contributed by atoms with Crippen LogP contribution in [0.3, 0.4) is 0 Å². The lowest BCUT2D eigenvalue weighted by Gasteiger charge is -2.28. The second-order valence-corrected chi connectivity index (χ2v) is 5.98. The van der Waals surface area contributed by atoms with Crippen molar-refractivity contribution in [1.82, 2.24) is 10.3 Å². The topological polar surface area (TPSA) is 62.2 Å². The van der Waals surface area contributed by atoms with Crippen LogP contribution in [0.5, 0.6) is 0 Å². The van der Waals surface area contributed by atoms with Gasteiger partial charge in [-0.1, -0.05) is 23.7 Å². The summed E-state index contributed by atoms with van der Waals surface area (Å²) >= 11 is 5.98. The predicted octanol–water partition coefficient (Wildman–Crippen LogP) is 3.04. The van der Waals surface area contributed by atoms with Crippen molar-refractivity contribution in [2.24, 2.45) is 0 Å². The van der Waals surface area contributed by atoms with E-state index in [-0.39, 0.29) is 11.7 Å². The molecule has 2 atom stereocenters. The Balaban J connectivity index is 1.73. The number of hydrogen-bond acceptors (Lipinski definition) is 4. The molecule has 3 rings (SSSR count). The number of halogens is 2. The Hall–Kier alpha value is -1.82. The Labute approximate surface area is 138 Å². The van der Waals surface area contributed by atoms with E-state index in [1.165, 1.54) is 12.1 Å². The highest BCUT2D eigenvalue weighted by Gasteiger charge is 2.31. The molecule has 0 amide bonds. The van der Waals surface area contributed by atoms with Crippen molar-refractivity contribution in [1.29, 1.82) is 0 Å². The Kier molecular flexibility index (Phi) is 4.71. The molecule has 0 aliphatic heterocycles. The van der Waals surface area contributed by atoms with Crippen molar-refractivity contribution in [3.8, 4) is 0 Å². The zero-order chi connectivity index (χ0) is 16.4. The number of aromatic nitrogens is 1. The van der Waals surface area contributed by atoms with E-state index in [1.807, 2.05) is 6.07 Å². The van der Waals surface area contributed by atoms with Gasteiger partial charge in [-0.2, -0.15) is 0 Å². The molecule has 0 radical (unpaired) electrons. The van der Waals surface area contributed by atoms with Gasteiger partial charge in [0.15, 0.2) is 5.78 Å². The maximum Gasteiger partial charge on any atom is 0.181 e. The minimum absolute atomic E-state index is 0.00521. The van der Waals surface area contributed by atoms with Crippen molar-refractivity contribution in [3.05, 3.63) is 64.2 Å². The molecule has 0 fully saturated rings. The Bertz CT molecular complexity index is 738. The number of pyridine rings is 1. The van der Waals surface area contributed by atoms with Crippen molar-refractivity contribution in [3.63, 3.8) is 0 Å². The third-order valence-corrected chi connectivity index (χ3v) is 4.43.